The molecule has 20 heavy (non-hydrogen) atoms. The Labute approximate surface area is 118 Å². The molecule has 0 radical (unpaired) electrons. The average Bonchev–Trinajstić information content (AvgIpc) is 2.43. The van der Waals surface area contributed by atoms with E-state index >= 15 is 0 Å². The summed E-state index contributed by atoms with van der Waals surface area (Å²) in [5, 5.41) is 6.62. The zero-order valence-corrected chi connectivity index (χ0v) is 11.8. The number of anilines is 1. The number of ether oxygens (including phenoxy) is 1. The molecule has 0 aliphatic heterocycles. The van der Waals surface area contributed by atoms with Crippen LogP contribution in [0, 0.1) is 0 Å². The van der Waals surface area contributed by atoms with Crippen molar-refractivity contribution in [1.82, 2.24) is 5.32 Å². The second-order valence-electron chi connectivity index (χ2n) is 4.12. The molecule has 108 valence electrons. The molecule has 6 nitrogen and oxygen atoms in total. The van der Waals surface area contributed by atoms with Gasteiger partial charge in [-0.25, -0.2) is 4.79 Å². The Morgan fingerprint density at radius 1 is 1.25 bits per heavy atom. The number of benzene rings is 1. The molecule has 1 atom stereocenters. The van der Waals surface area contributed by atoms with Gasteiger partial charge in [0.25, 0.3) is 0 Å². The fraction of sp³-hybridized carbons (Fsp3) is 0.357. The molecule has 0 spiro atoms. The van der Waals surface area contributed by atoms with E-state index in [0.29, 0.717) is 5.71 Å². The summed E-state index contributed by atoms with van der Waals surface area (Å²) in [6.45, 7) is 4.93. The summed E-state index contributed by atoms with van der Waals surface area (Å²) < 4.78 is 4.92. The van der Waals surface area contributed by atoms with E-state index in [1.807, 2.05) is 30.3 Å². The maximum atomic E-state index is 11.8. The Bertz CT molecular complexity index is 486. The molecule has 0 aliphatic carbocycles. The normalized spacial score (nSPS) is 12.4. The second-order valence-corrected chi connectivity index (χ2v) is 4.12. The van der Waals surface area contributed by atoms with Gasteiger partial charge < -0.3 is 10.1 Å². The third-order valence-corrected chi connectivity index (χ3v) is 2.42. The minimum atomic E-state index is -0.885. The van der Waals surface area contributed by atoms with Gasteiger partial charge >= 0.3 is 5.97 Å². The van der Waals surface area contributed by atoms with Crippen molar-refractivity contribution in [3.63, 3.8) is 0 Å². The van der Waals surface area contributed by atoms with E-state index in [0.717, 1.165) is 5.69 Å². The molecule has 0 aromatic heterocycles. The number of nitrogens with one attached hydrogen (secondary N) is 2. The van der Waals surface area contributed by atoms with Crippen LogP contribution in [-0.2, 0) is 14.3 Å². The van der Waals surface area contributed by atoms with Gasteiger partial charge in [-0.3, -0.25) is 10.2 Å². The predicted molar refractivity (Wildman–Crippen MR) is 77.4 cm³/mol. The van der Waals surface area contributed by atoms with Crippen molar-refractivity contribution in [3.05, 3.63) is 30.3 Å². The van der Waals surface area contributed by atoms with Crippen molar-refractivity contribution in [3.8, 4) is 0 Å². The highest BCUT2D eigenvalue weighted by Crippen LogP contribution is 2.05. The molecule has 1 unspecified atom stereocenters. The number of hydrogen-bond donors (Lipinski definition) is 2. The lowest BCUT2D eigenvalue weighted by molar-refractivity contribution is -0.145. The van der Waals surface area contributed by atoms with Crippen LogP contribution >= 0.6 is 0 Å². The van der Waals surface area contributed by atoms with Crippen LogP contribution in [0.25, 0.3) is 0 Å². The SMILES string of the molecule is CCOC(=O)C(NC(C)=O)/C(C)=N/Nc1ccccc1. The van der Waals surface area contributed by atoms with Gasteiger partial charge in [-0.15, -0.1) is 0 Å². The minimum absolute atomic E-state index is 0.244. The number of amides is 1. The molecule has 1 aromatic carbocycles. The molecule has 1 rings (SSSR count). The summed E-state index contributed by atoms with van der Waals surface area (Å²) >= 11 is 0. The van der Waals surface area contributed by atoms with E-state index in [-0.39, 0.29) is 12.5 Å². The molecule has 6 heteroatoms. The maximum Gasteiger partial charge on any atom is 0.334 e. The smallest absolute Gasteiger partial charge is 0.334 e. The Kier molecular flexibility index (Phi) is 6.22. The molecule has 1 aromatic rings. The number of hydrogen-bond acceptors (Lipinski definition) is 5. The Balaban J connectivity index is 2.78. The molecular formula is C14H19N3O3. The zero-order valence-electron chi connectivity index (χ0n) is 11.8. The molecule has 0 aliphatic rings. The summed E-state index contributed by atoms with van der Waals surface area (Å²) in [5.41, 5.74) is 4.03. The summed E-state index contributed by atoms with van der Waals surface area (Å²) in [5.74, 6) is -0.851. The third kappa shape index (κ3) is 5.09. The second kappa shape index (κ2) is 7.93. The molecule has 2 N–H and O–H groups in total. The largest absolute Gasteiger partial charge is 0.464 e. The Morgan fingerprint density at radius 3 is 2.45 bits per heavy atom. The minimum Gasteiger partial charge on any atom is -0.464 e. The van der Waals surface area contributed by atoms with E-state index in [1.54, 1.807) is 13.8 Å². The van der Waals surface area contributed by atoms with Crippen LogP contribution in [-0.4, -0.2) is 30.2 Å². The van der Waals surface area contributed by atoms with Crippen molar-refractivity contribution < 1.29 is 14.3 Å². The summed E-state index contributed by atoms with van der Waals surface area (Å²) in [6, 6.07) is 8.42. The lowest BCUT2D eigenvalue weighted by Gasteiger charge is -2.16. The zero-order chi connectivity index (χ0) is 15.0. The lowest BCUT2D eigenvalue weighted by Crippen LogP contribution is -2.46. The number of carbonyl (C=O) groups excluding carboxylic acids is 2. The van der Waals surface area contributed by atoms with E-state index in [9.17, 15) is 9.59 Å². The number of esters is 1. The van der Waals surface area contributed by atoms with Crippen LogP contribution in [0.1, 0.15) is 20.8 Å². The first kappa shape index (κ1) is 15.7. The van der Waals surface area contributed by atoms with Crippen LogP contribution < -0.4 is 10.7 Å². The molecule has 0 saturated heterocycles. The molecule has 1 amide bonds. The highest BCUT2D eigenvalue weighted by molar-refractivity contribution is 6.07. The first-order chi connectivity index (χ1) is 9.54. The van der Waals surface area contributed by atoms with E-state index < -0.39 is 12.0 Å². The Morgan fingerprint density at radius 2 is 1.90 bits per heavy atom. The van der Waals surface area contributed by atoms with Crippen LogP contribution in [0.5, 0.6) is 0 Å². The van der Waals surface area contributed by atoms with Gasteiger partial charge in [-0.1, -0.05) is 18.2 Å². The number of rotatable bonds is 6. The van der Waals surface area contributed by atoms with Gasteiger partial charge in [0.05, 0.1) is 18.0 Å². The van der Waals surface area contributed by atoms with Gasteiger partial charge in [-0.05, 0) is 26.0 Å². The number of hydrazone groups is 1. The first-order valence-electron chi connectivity index (χ1n) is 6.33. The Hall–Kier alpha value is -2.37. The quantitative estimate of drug-likeness (QED) is 0.469. The van der Waals surface area contributed by atoms with Crippen molar-refractivity contribution in [1.29, 1.82) is 0 Å². The van der Waals surface area contributed by atoms with Crippen molar-refractivity contribution in [2.45, 2.75) is 26.8 Å². The van der Waals surface area contributed by atoms with Crippen LogP contribution in [0.2, 0.25) is 0 Å². The summed E-state index contributed by atoms with van der Waals surface area (Å²) in [6.07, 6.45) is 0. The fourth-order valence-corrected chi connectivity index (χ4v) is 1.49. The molecule has 0 bridgehead atoms. The lowest BCUT2D eigenvalue weighted by atomic mass is 10.2. The number of carbonyl (C=O) groups is 2. The van der Waals surface area contributed by atoms with Crippen molar-refractivity contribution >= 4 is 23.3 Å². The van der Waals surface area contributed by atoms with Crippen molar-refractivity contribution in [2.24, 2.45) is 5.10 Å². The van der Waals surface area contributed by atoms with Crippen LogP contribution in [0.3, 0.4) is 0 Å². The van der Waals surface area contributed by atoms with Gasteiger partial charge in [0.15, 0.2) is 6.04 Å². The predicted octanol–water partition coefficient (Wildman–Crippen LogP) is 1.54. The molecule has 0 saturated carbocycles. The summed E-state index contributed by atoms with van der Waals surface area (Å²) in [7, 11) is 0. The fourth-order valence-electron chi connectivity index (χ4n) is 1.49. The summed E-state index contributed by atoms with van der Waals surface area (Å²) in [4.78, 5) is 22.9. The molecule has 0 fully saturated rings. The average molecular weight is 277 g/mol. The third-order valence-electron chi connectivity index (χ3n) is 2.42. The van der Waals surface area contributed by atoms with Gasteiger partial charge in [0.2, 0.25) is 5.91 Å². The molecular weight excluding hydrogens is 258 g/mol. The van der Waals surface area contributed by atoms with Gasteiger partial charge in [-0.2, -0.15) is 5.10 Å². The number of para-hydroxylation sites is 1. The standard InChI is InChI=1S/C14H19N3O3/c1-4-20-14(19)13(15-11(3)18)10(2)16-17-12-8-6-5-7-9-12/h5-9,13,17H,4H2,1-3H3,(H,15,18)/b16-10+. The molecule has 0 heterocycles. The highest BCUT2D eigenvalue weighted by atomic mass is 16.5. The van der Waals surface area contributed by atoms with Crippen molar-refractivity contribution in [2.75, 3.05) is 12.0 Å². The number of nitrogens with zero attached hydrogens (tertiary/aromatic N) is 1. The monoisotopic (exact) mass is 277 g/mol. The topological polar surface area (TPSA) is 79.8 Å². The van der Waals surface area contributed by atoms with Crippen LogP contribution in [0.4, 0.5) is 5.69 Å². The van der Waals surface area contributed by atoms with E-state index in [4.69, 9.17) is 4.74 Å². The van der Waals surface area contributed by atoms with E-state index in [2.05, 4.69) is 15.8 Å². The van der Waals surface area contributed by atoms with Gasteiger partial charge in [0.1, 0.15) is 0 Å². The maximum absolute atomic E-state index is 11.8. The highest BCUT2D eigenvalue weighted by Gasteiger charge is 2.23. The van der Waals surface area contributed by atoms with E-state index in [1.165, 1.54) is 6.92 Å². The first-order valence-corrected chi connectivity index (χ1v) is 6.33. The van der Waals surface area contributed by atoms with Gasteiger partial charge in [0, 0.05) is 6.92 Å². The van der Waals surface area contributed by atoms with Crippen LogP contribution in [0.15, 0.2) is 35.4 Å².